The van der Waals surface area contributed by atoms with Crippen LogP contribution in [0.4, 0.5) is 22.0 Å². The van der Waals surface area contributed by atoms with Gasteiger partial charge in [0.1, 0.15) is 5.82 Å². The molecule has 4 rings (SSSR count). The molecule has 1 N–H and O–H groups in total. The van der Waals surface area contributed by atoms with Crippen molar-refractivity contribution in [3.05, 3.63) is 29.4 Å². The van der Waals surface area contributed by atoms with Crippen molar-refractivity contribution in [3.8, 4) is 11.5 Å². The van der Waals surface area contributed by atoms with Gasteiger partial charge in [0, 0.05) is 36.7 Å². The molecule has 0 saturated heterocycles. The fourth-order valence-electron chi connectivity index (χ4n) is 4.14. The largest absolute Gasteiger partial charge is 0.415 e. The zero-order valence-electron chi connectivity index (χ0n) is 17.2. The van der Waals surface area contributed by atoms with Crippen molar-refractivity contribution in [1.82, 2.24) is 19.8 Å². The van der Waals surface area contributed by atoms with Gasteiger partial charge < -0.3 is 9.73 Å². The Morgan fingerprint density at radius 1 is 1.24 bits per heavy atom. The monoisotopic (exact) mass is 494 g/mol. The number of rotatable bonds is 5. The normalized spacial score (nSPS) is 23.0. The van der Waals surface area contributed by atoms with Gasteiger partial charge in [0.25, 0.3) is 11.8 Å². The SMILES string of the molecule is CC(F)(F)C(=O)N[C@@H]1CCCC[C@H]1N1Cc2c(F)cc(-c3nnc(C(F)F)o3)cc2S1(=O)=O. The molecular weight excluding hydrogens is 475 g/mol. The van der Waals surface area contributed by atoms with Crippen LogP contribution in [0.5, 0.6) is 0 Å². The number of hydrogen-bond acceptors (Lipinski definition) is 6. The number of hydrogen-bond donors (Lipinski definition) is 1. The summed E-state index contributed by atoms with van der Waals surface area (Å²) in [4.78, 5) is 11.4. The Morgan fingerprint density at radius 3 is 2.58 bits per heavy atom. The zero-order valence-corrected chi connectivity index (χ0v) is 18.0. The summed E-state index contributed by atoms with van der Waals surface area (Å²) < 4.78 is 99.4. The second-order valence-corrected chi connectivity index (χ2v) is 9.91. The first kappa shape index (κ1) is 23.5. The molecule has 1 fully saturated rings. The van der Waals surface area contributed by atoms with Crippen LogP contribution in [0.3, 0.4) is 0 Å². The van der Waals surface area contributed by atoms with Gasteiger partial charge in [-0.3, -0.25) is 4.79 Å². The molecule has 2 aliphatic rings. The molecule has 1 aliphatic heterocycles. The number of nitrogens with one attached hydrogen (secondary N) is 1. The van der Waals surface area contributed by atoms with Crippen LogP contribution >= 0.6 is 0 Å². The average Bonchev–Trinajstić information content (AvgIpc) is 3.32. The lowest BCUT2D eigenvalue weighted by atomic mass is 9.90. The molecule has 33 heavy (non-hydrogen) atoms. The van der Waals surface area contributed by atoms with Crippen molar-refractivity contribution in [2.24, 2.45) is 0 Å². The first-order chi connectivity index (χ1) is 15.4. The molecule has 180 valence electrons. The maximum atomic E-state index is 14.9. The number of carbonyl (C=O) groups is 1. The molecule has 2 aromatic rings. The summed E-state index contributed by atoms with van der Waals surface area (Å²) in [6.45, 7) is 0.0753. The minimum atomic E-state index is -4.30. The number of halogens is 5. The maximum absolute atomic E-state index is 14.9. The van der Waals surface area contributed by atoms with E-state index < -0.39 is 62.9 Å². The Kier molecular flexibility index (Phi) is 5.93. The molecule has 8 nitrogen and oxygen atoms in total. The predicted octanol–water partition coefficient (Wildman–Crippen LogP) is 3.40. The Balaban J connectivity index is 1.67. The van der Waals surface area contributed by atoms with Crippen molar-refractivity contribution < 1.29 is 39.6 Å². The molecule has 14 heteroatoms. The summed E-state index contributed by atoms with van der Waals surface area (Å²) in [5.74, 6) is -7.57. The van der Waals surface area contributed by atoms with Gasteiger partial charge in [-0.25, -0.2) is 12.8 Å². The zero-order chi connectivity index (χ0) is 24.1. The van der Waals surface area contributed by atoms with E-state index in [1.165, 1.54) is 0 Å². The van der Waals surface area contributed by atoms with Crippen LogP contribution in [0, 0.1) is 5.82 Å². The van der Waals surface area contributed by atoms with Crippen molar-refractivity contribution in [2.45, 2.75) is 68.5 Å². The molecule has 2 heterocycles. The minimum Gasteiger partial charge on any atom is -0.415 e. The number of nitrogens with zero attached hydrogens (tertiary/aromatic N) is 3. The van der Waals surface area contributed by atoms with Gasteiger partial charge in [-0.05, 0) is 25.0 Å². The summed E-state index contributed by atoms with van der Waals surface area (Å²) in [5, 5.41) is 8.78. The van der Waals surface area contributed by atoms with Gasteiger partial charge >= 0.3 is 12.3 Å². The lowest BCUT2D eigenvalue weighted by molar-refractivity contribution is -0.144. The van der Waals surface area contributed by atoms with Crippen LogP contribution in [0.1, 0.15) is 50.5 Å². The molecule has 0 spiro atoms. The predicted molar refractivity (Wildman–Crippen MR) is 102 cm³/mol. The highest BCUT2D eigenvalue weighted by molar-refractivity contribution is 7.89. The summed E-state index contributed by atoms with van der Waals surface area (Å²) >= 11 is 0. The van der Waals surface area contributed by atoms with Gasteiger partial charge in [-0.15, -0.1) is 10.2 Å². The molecule has 1 aromatic heterocycles. The maximum Gasteiger partial charge on any atom is 0.321 e. The molecule has 1 aromatic carbocycles. The van der Waals surface area contributed by atoms with Crippen molar-refractivity contribution in [1.29, 1.82) is 0 Å². The summed E-state index contributed by atoms with van der Waals surface area (Å²) in [5.41, 5.74) is -0.362. The molecular formula is C19H19F5N4O4S. The van der Waals surface area contributed by atoms with Crippen molar-refractivity contribution in [2.75, 3.05) is 0 Å². The van der Waals surface area contributed by atoms with Crippen LogP contribution in [0.25, 0.3) is 11.5 Å². The fourth-order valence-corrected chi connectivity index (χ4v) is 6.05. The van der Waals surface area contributed by atoms with Gasteiger partial charge in [-0.2, -0.15) is 21.9 Å². The number of carbonyl (C=O) groups excluding carboxylic acids is 1. The van der Waals surface area contributed by atoms with Crippen molar-refractivity contribution >= 4 is 15.9 Å². The van der Waals surface area contributed by atoms with Crippen molar-refractivity contribution in [3.63, 3.8) is 0 Å². The number of benzene rings is 1. The lowest BCUT2D eigenvalue weighted by Crippen LogP contribution is -2.55. The van der Waals surface area contributed by atoms with E-state index in [-0.39, 0.29) is 30.5 Å². The standard InChI is InChI=1S/C19H19F5N4O4S/c1-19(23,24)18(29)25-12-4-2-3-5-13(12)28-8-10-11(20)6-9(7-14(10)33(28,30)31)16-26-27-17(32-16)15(21)22/h6-7,12-13,15H,2-5,8H2,1H3,(H,25,29)/t12-,13-/m1/s1. The second-order valence-electron chi connectivity index (χ2n) is 8.05. The van der Waals surface area contributed by atoms with E-state index in [1.807, 2.05) is 0 Å². The molecule has 2 atom stereocenters. The Bertz CT molecular complexity index is 1180. The smallest absolute Gasteiger partial charge is 0.321 e. The Labute approximate surface area is 185 Å². The van der Waals surface area contributed by atoms with Crippen LogP contribution in [0.15, 0.2) is 21.4 Å². The molecule has 0 bridgehead atoms. The first-order valence-electron chi connectivity index (χ1n) is 10.0. The summed E-state index contributed by atoms with van der Waals surface area (Å²) in [7, 11) is -4.30. The van der Waals surface area contributed by atoms with E-state index in [0.29, 0.717) is 19.8 Å². The molecule has 0 radical (unpaired) electrons. The number of alkyl halides is 4. The number of fused-ring (bicyclic) bond motifs is 1. The van der Waals surface area contributed by atoms with E-state index in [0.717, 1.165) is 16.4 Å². The third kappa shape index (κ3) is 4.33. The van der Waals surface area contributed by atoms with Gasteiger partial charge in [0.05, 0.1) is 4.90 Å². The van der Waals surface area contributed by atoms with Crippen LogP contribution in [-0.4, -0.2) is 46.8 Å². The van der Waals surface area contributed by atoms with E-state index in [2.05, 4.69) is 15.5 Å². The van der Waals surface area contributed by atoms with Crippen LogP contribution in [0.2, 0.25) is 0 Å². The van der Waals surface area contributed by atoms with Crippen LogP contribution < -0.4 is 5.32 Å². The van der Waals surface area contributed by atoms with Gasteiger partial charge in [0.2, 0.25) is 15.9 Å². The van der Waals surface area contributed by atoms with E-state index in [9.17, 15) is 35.2 Å². The Hall–Kier alpha value is -2.61. The summed E-state index contributed by atoms with van der Waals surface area (Å²) in [6.07, 6.45) is -1.31. The van der Waals surface area contributed by atoms with E-state index in [1.54, 1.807) is 0 Å². The number of amides is 1. The first-order valence-corrected chi connectivity index (χ1v) is 11.5. The highest BCUT2D eigenvalue weighted by Gasteiger charge is 2.46. The minimum absolute atomic E-state index is 0.163. The van der Waals surface area contributed by atoms with E-state index >= 15 is 0 Å². The fraction of sp³-hybridized carbons (Fsp3) is 0.526. The Morgan fingerprint density at radius 2 is 1.94 bits per heavy atom. The highest BCUT2D eigenvalue weighted by atomic mass is 32.2. The quantitative estimate of drug-likeness (QED) is 0.639. The lowest BCUT2D eigenvalue weighted by Gasteiger charge is -2.37. The summed E-state index contributed by atoms with van der Waals surface area (Å²) in [6, 6.07) is 0.207. The third-order valence-electron chi connectivity index (χ3n) is 5.74. The number of aromatic nitrogens is 2. The van der Waals surface area contributed by atoms with E-state index in [4.69, 9.17) is 4.42 Å². The van der Waals surface area contributed by atoms with Gasteiger partial charge in [0.15, 0.2) is 0 Å². The topological polar surface area (TPSA) is 105 Å². The second kappa shape index (κ2) is 8.31. The third-order valence-corrected chi connectivity index (χ3v) is 7.68. The highest BCUT2D eigenvalue weighted by Crippen LogP contribution is 2.40. The molecule has 1 amide bonds. The average molecular weight is 494 g/mol. The molecule has 0 unspecified atom stereocenters. The molecule has 1 aliphatic carbocycles. The number of sulfonamides is 1. The molecule has 1 saturated carbocycles. The van der Waals surface area contributed by atoms with Gasteiger partial charge in [-0.1, -0.05) is 12.8 Å². The van der Waals surface area contributed by atoms with Crippen LogP contribution in [-0.2, 0) is 21.4 Å².